The second-order valence-electron chi connectivity index (χ2n) is 16.6. The molecule has 380 valence electrons. The molecule has 69 heavy (non-hydrogen) atoms. The monoisotopic (exact) mass is 945 g/mol. The minimum atomic E-state index is -0.837. The fourth-order valence-electron chi connectivity index (χ4n) is 6.31. The van der Waals surface area contributed by atoms with Crippen LogP contribution in [0.5, 0.6) is 0 Å². The molecule has 0 fully saturated rings. The van der Waals surface area contributed by atoms with Crippen LogP contribution in [-0.2, 0) is 28.6 Å². The number of rotatable bonds is 44. The highest BCUT2D eigenvalue weighted by Crippen LogP contribution is 2.12. The average Bonchev–Trinajstić information content (AvgIpc) is 3.35. The standard InChI is InChI=1S/C63H92O6/c1-4-7-10-13-16-19-22-25-28-30-31-33-35-38-41-44-47-50-53-56-62(65)68-59-60(58-67-61(64)55-52-49-46-43-40-37-34-27-24-21-18-15-12-9-6-3)69-63(66)57-54-51-48-45-42-39-36-32-29-26-23-20-17-14-11-8-5-2/h7-12,14-21,23-29,31-34,36-37,39-40,42,60H,4-6,13,22,30,35,38,41,43-59H2,1-3H3/b10-7-,11-8-,12-9-,17-14-,18-15-,19-16-,23-20-,24-21-,28-25-,29-26-,33-31-,34-27-,36-32+,40-37-,42-39-. The molecule has 0 aromatic rings. The maximum Gasteiger partial charge on any atom is 0.306 e. The third-order valence-corrected chi connectivity index (χ3v) is 10.2. The van der Waals surface area contributed by atoms with Gasteiger partial charge in [0.1, 0.15) is 13.2 Å². The van der Waals surface area contributed by atoms with Crippen LogP contribution in [0.3, 0.4) is 0 Å². The molecule has 0 saturated heterocycles. The minimum absolute atomic E-state index is 0.129. The molecule has 1 atom stereocenters. The zero-order valence-corrected chi connectivity index (χ0v) is 43.2. The van der Waals surface area contributed by atoms with E-state index in [1.807, 2.05) is 109 Å². The maximum atomic E-state index is 12.8. The van der Waals surface area contributed by atoms with Crippen molar-refractivity contribution in [3.63, 3.8) is 0 Å². The Bertz CT molecular complexity index is 1700. The molecule has 0 rings (SSSR count). The third kappa shape index (κ3) is 53.3. The molecule has 0 saturated carbocycles. The van der Waals surface area contributed by atoms with Gasteiger partial charge < -0.3 is 14.2 Å². The SMILES string of the molecule is CC\C=C/C=C\C=C/C=C\C=C/CCCCCC(=O)OCC(COC(=O)CCCCCCCC/C=C\C/C=C\C/C=C\C/C=C\CC)OC(=O)CCCCC\C=C/C=C/C=C\C=C/C=C\C=C/CC. The van der Waals surface area contributed by atoms with Gasteiger partial charge in [-0.1, -0.05) is 242 Å². The van der Waals surface area contributed by atoms with Crippen molar-refractivity contribution in [2.45, 2.75) is 181 Å². The average molecular weight is 945 g/mol. The van der Waals surface area contributed by atoms with Crippen molar-refractivity contribution in [1.82, 2.24) is 0 Å². The van der Waals surface area contributed by atoms with Gasteiger partial charge in [0, 0.05) is 19.3 Å². The Labute approximate surface area is 421 Å². The normalized spacial score (nSPS) is 13.6. The van der Waals surface area contributed by atoms with Crippen LogP contribution in [0.15, 0.2) is 182 Å². The third-order valence-electron chi connectivity index (χ3n) is 10.2. The highest BCUT2D eigenvalue weighted by atomic mass is 16.6. The Morgan fingerprint density at radius 1 is 0.304 bits per heavy atom. The summed E-state index contributed by atoms with van der Waals surface area (Å²) in [6.07, 6.45) is 83.0. The van der Waals surface area contributed by atoms with Gasteiger partial charge in [0.25, 0.3) is 0 Å². The molecule has 0 radical (unpaired) electrons. The van der Waals surface area contributed by atoms with E-state index < -0.39 is 6.10 Å². The van der Waals surface area contributed by atoms with E-state index in [9.17, 15) is 14.4 Å². The lowest BCUT2D eigenvalue weighted by Gasteiger charge is -2.18. The Kier molecular flexibility index (Phi) is 50.7. The predicted octanol–water partition coefficient (Wildman–Crippen LogP) is 17.7. The largest absolute Gasteiger partial charge is 0.462 e. The van der Waals surface area contributed by atoms with Gasteiger partial charge in [0.15, 0.2) is 6.10 Å². The summed E-state index contributed by atoms with van der Waals surface area (Å²) in [7, 11) is 0. The van der Waals surface area contributed by atoms with Crippen LogP contribution in [0, 0.1) is 0 Å². The van der Waals surface area contributed by atoms with Gasteiger partial charge in [0.05, 0.1) is 0 Å². The molecular formula is C63H92O6. The van der Waals surface area contributed by atoms with Crippen LogP contribution in [0.1, 0.15) is 175 Å². The van der Waals surface area contributed by atoms with E-state index in [1.165, 1.54) is 12.8 Å². The van der Waals surface area contributed by atoms with Crippen molar-refractivity contribution < 1.29 is 28.6 Å². The summed E-state index contributed by atoms with van der Waals surface area (Å²) >= 11 is 0. The van der Waals surface area contributed by atoms with Crippen molar-refractivity contribution in [3.05, 3.63) is 182 Å². The Balaban J connectivity index is 4.62. The highest BCUT2D eigenvalue weighted by molar-refractivity contribution is 5.71. The fourth-order valence-corrected chi connectivity index (χ4v) is 6.31. The molecule has 0 heterocycles. The molecule has 6 heteroatoms. The first-order chi connectivity index (χ1) is 34.0. The van der Waals surface area contributed by atoms with Gasteiger partial charge in [-0.3, -0.25) is 14.4 Å². The number of hydrogen-bond acceptors (Lipinski definition) is 6. The predicted molar refractivity (Wildman–Crippen MR) is 297 cm³/mol. The quantitative estimate of drug-likeness (QED) is 0.0199. The number of ether oxygens (including phenoxy) is 3. The van der Waals surface area contributed by atoms with Gasteiger partial charge in [-0.15, -0.1) is 0 Å². The van der Waals surface area contributed by atoms with E-state index >= 15 is 0 Å². The first-order valence-electron chi connectivity index (χ1n) is 26.4. The second-order valence-corrected chi connectivity index (χ2v) is 16.6. The molecule has 0 aliphatic heterocycles. The van der Waals surface area contributed by atoms with Crippen LogP contribution in [0.2, 0.25) is 0 Å². The first-order valence-corrected chi connectivity index (χ1v) is 26.4. The van der Waals surface area contributed by atoms with Crippen LogP contribution in [0.25, 0.3) is 0 Å². The number of unbranched alkanes of at least 4 members (excludes halogenated alkanes) is 12. The summed E-state index contributed by atoms with van der Waals surface area (Å²) in [4.78, 5) is 38.1. The summed E-state index contributed by atoms with van der Waals surface area (Å²) in [5, 5.41) is 0. The molecule has 0 N–H and O–H groups in total. The van der Waals surface area contributed by atoms with E-state index in [-0.39, 0.29) is 44.0 Å². The van der Waals surface area contributed by atoms with E-state index in [0.29, 0.717) is 19.3 Å². The molecule has 0 aromatic carbocycles. The number of carbonyl (C=O) groups excluding carboxylic acids is 3. The van der Waals surface area contributed by atoms with Crippen molar-refractivity contribution >= 4 is 17.9 Å². The fraction of sp³-hybridized carbons (Fsp3) is 0.476. The van der Waals surface area contributed by atoms with Gasteiger partial charge in [-0.25, -0.2) is 0 Å². The van der Waals surface area contributed by atoms with Crippen molar-refractivity contribution in [2.75, 3.05) is 13.2 Å². The van der Waals surface area contributed by atoms with E-state index in [1.54, 1.807) is 0 Å². The molecule has 0 spiro atoms. The summed E-state index contributed by atoms with van der Waals surface area (Å²) < 4.78 is 16.7. The minimum Gasteiger partial charge on any atom is -0.462 e. The summed E-state index contributed by atoms with van der Waals surface area (Å²) in [5.74, 6) is -1.05. The lowest BCUT2D eigenvalue weighted by atomic mass is 10.1. The van der Waals surface area contributed by atoms with Crippen LogP contribution in [0.4, 0.5) is 0 Å². The van der Waals surface area contributed by atoms with Gasteiger partial charge in [-0.05, 0) is 96.3 Å². The summed E-state index contributed by atoms with van der Waals surface area (Å²) in [6.45, 7) is 6.12. The Morgan fingerprint density at radius 2 is 0.594 bits per heavy atom. The molecule has 1 unspecified atom stereocenters. The van der Waals surface area contributed by atoms with Gasteiger partial charge >= 0.3 is 17.9 Å². The lowest BCUT2D eigenvalue weighted by molar-refractivity contribution is -0.167. The Morgan fingerprint density at radius 3 is 1.00 bits per heavy atom. The van der Waals surface area contributed by atoms with Crippen molar-refractivity contribution in [1.29, 1.82) is 0 Å². The number of carbonyl (C=O) groups is 3. The molecule has 0 aromatic heterocycles. The van der Waals surface area contributed by atoms with Crippen molar-refractivity contribution in [2.24, 2.45) is 0 Å². The van der Waals surface area contributed by atoms with Crippen LogP contribution < -0.4 is 0 Å². The second kappa shape index (κ2) is 55.1. The van der Waals surface area contributed by atoms with Gasteiger partial charge in [-0.2, -0.15) is 0 Å². The summed E-state index contributed by atoms with van der Waals surface area (Å²) in [6, 6.07) is 0. The molecule has 0 aliphatic rings. The zero-order chi connectivity index (χ0) is 50.0. The van der Waals surface area contributed by atoms with E-state index in [2.05, 4.69) is 93.7 Å². The summed E-state index contributed by atoms with van der Waals surface area (Å²) in [5.41, 5.74) is 0. The molecule has 6 nitrogen and oxygen atoms in total. The van der Waals surface area contributed by atoms with Crippen LogP contribution in [-0.4, -0.2) is 37.2 Å². The first kappa shape index (κ1) is 63.5. The molecule has 0 aliphatic carbocycles. The number of allylic oxidation sites excluding steroid dienone is 30. The molecule has 0 bridgehead atoms. The Hall–Kier alpha value is -5.49. The highest BCUT2D eigenvalue weighted by Gasteiger charge is 2.19. The van der Waals surface area contributed by atoms with Crippen LogP contribution >= 0.6 is 0 Å². The molecule has 0 amide bonds. The number of esters is 3. The molecular weight excluding hydrogens is 853 g/mol. The number of hydrogen-bond donors (Lipinski definition) is 0. The lowest BCUT2D eigenvalue weighted by Crippen LogP contribution is -2.30. The van der Waals surface area contributed by atoms with E-state index in [4.69, 9.17) is 14.2 Å². The maximum absolute atomic E-state index is 12.8. The topological polar surface area (TPSA) is 78.9 Å². The van der Waals surface area contributed by atoms with Gasteiger partial charge in [0.2, 0.25) is 0 Å². The van der Waals surface area contributed by atoms with E-state index in [0.717, 1.165) is 109 Å². The smallest absolute Gasteiger partial charge is 0.306 e. The van der Waals surface area contributed by atoms with Crippen molar-refractivity contribution in [3.8, 4) is 0 Å². The zero-order valence-electron chi connectivity index (χ0n) is 43.2.